The van der Waals surface area contributed by atoms with Crippen LogP contribution in [0, 0.1) is 5.92 Å². The lowest BCUT2D eigenvalue weighted by molar-refractivity contribution is -0.141. The molecule has 17 heavy (non-hydrogen) atoms. The van der Waals surface area contributed by atoms with E-state index in [4.69, 9.17) is 4.74 Å². The summed E-state index contributed by atoms with van der Waals surface area (Å²) in [7, 11) is 0. The quantitative estimate of drug-likeness (QED) is 0.748. The predicted octanol–water partition coefficient (Wildman–Crippen LogP) is 2.81. The maximum absolute atomic E-state index is 12.3. The van der Waals surface area contributed by atoms with Gasteiger partial charge in [-0.05, 0) is 30.5 Å². The molecule has 0 saturated carbocycles. The minimum atomic E-state index is -4.31. The van der Waals surface area contributed by atoms with E-state index in [0.717, 1.165) is 17.7 Å². The monoisotopic (exact) mass is 244 g/mol. The number of ether oxygens (including phenoxy) is 1. The molecule has 92 valence electrons. The number of cyclic esters (lactones) is 1. The minimum Gasteiger partial charge on any atom is -0.465 e. The van der Waals surface area contributed by atoms with Crippen molar-refractivity contribution < 1.29 is 22.7 Å². The Balaban J connectivity index is 2.06. The lowest BCUT2D eigenvalue weighted by atomic mass is 9.97. The van der Waals surface area contributed by atoms with Crippen molar-refractivity contribution in [3.05, 3.63) is 35.4 Å². The average Bonchev–Trinajstić information content (AvgIpc) is 2.64. The van der Waals surface area contributed by atoms with E-state index < -0.39 is 11.7 Å². The summed E-state index contributed by atoms with van der Waals surface area (Å²) in [6.07, 6.45) is -3.23. The molecule has 0 N–H and O–H groups in total. The minimum absolute atomic E-state index is 0.216. The first-order chi connectivity index (χ1) is 7.97. The van der Waals surface area contributed by atoms with E-state index in [1.165, 1.54) is 12.1 Å². The lowest BCUT2D eigenvalue weighted by Gasteiger charge is -2.09. The second-order valence-corrected chi connectivity index (χ2v) is 4.05. The van der Waals surface area contributed by atoms with E-state index in [9.17, 15) is 18.0 Å². The second kappa shape index (κ2) is 4.39. The zero-order valence-electron chi connectivity index (χ0n) is 8.96. The summed E-state index contributed by atoms with van der Waals surface area (Å²) >= 11 is 0. The van der Waals surface area contributed by atoms with Crippen molar-refractivity contribution in [3.63, 3.8) is 0 Å². The van der Waals surface area contributed by atoms with Crippen LogP contribution in [0.3, 0.4) is 0 Å². The van der Waals surface area contributed by atoms with Gasteiger partial charge in [0.05, 0.1) is 18.1 Å². The molecule has 0 aromatic heterocycles. The first kappa shape index (κ1) is 12.0. The Morgan fingerprint density at radius 2 is 1.88 bits per heavy atom. The first-order valence-corrected chi connectivity index (χ1v) is 5.29. The van der Waals surface area contributed by atoms with Crippen LogP contribution in [0.15, 0.2) is 24.3 Å². The van der Waals surface area contributed by atoms with Crippen LogP contribution in [0.4, 0.5) is 13.2 Å². The number of rotatable bonds is 2. The lowest BCUT2D eigenvalue weighted by Crippen LogP contribution is -2.11. The smallest absolute Gasteiger partial charge is 0.416 e. The van der Waals surface area contributed by atoms with E-state index in [2.05, 4.69) is 0 Å². The summed E-state index contributed by atoms with van der Waals surface area (Å²) in [5, 5.41) is 0. The summed E-state index contributed by atoms with van der Waals surface area (Å²) < 4.78 is 41.7. The molecular formula is C12H11F3O2. The van der Waals surface area contributed by atoms with Crippen molar-refractivity contribution in [2.24, 2.45) is 5.92 Å². The van der Waals surface area contributed by atoms with Gasteiger partial charge in [0.25, 0.3) is 0 Å². The molecule has 1 aliphatic heterocycles. The van der Waals surface area contributed by atoms with Crippen molar-refractivity contribution >= 4 is 5.97 Å². The predicted molar refractivity (Wildman–Crippen MR) is 54.2 cm³/mol. The molecule has 1 heterocycles. The number of alkyl halides is 3. The molecule has 1 fully saturated rings. The molecule has 0 amide bonds. The van der Waals surface area contributed by atoms with Crippen molar-refractivity contribution in [2.45, 2.75) is 19.0 Å². The van der Waals surface area contributed by atoms with Crippen LogP contribution in [-0.4, -0.2) is 12.6 Å². The largest absolute Gasteiger partial charge is 0.465 e. The normalized spacial score (nSPS) is 20.4. The summed E-state index contributed by atoms with van der Waals surface area (Å²) in [6.45, 7) is 0.407. The van der Waals surface area contributed by atoms with Gasteiger partial charge in [0, 0.05) is 0 Å². The SMILES string of the molecule is O=C1OCCC1Cc1ccc(C(F)(F)F)cc1. The van der Waals surface area contributed by atoms with Gasteiger partial charge in [0.15, 0.2) is 0 Å². The van der Waals surface area contributed by atoms with E-state index in [1.54, 1.807) is 0 Å². The molecule has 1 aromatic carbocycles. The molecular weight excluding hydrogens is 233 g/mol. The van der Waals surface area contributed by atoms with Gasteiger partial charge in [-0.15, -0.1) is 0 Å². The van der Waals surface area contributed by atoms with E-state index >= 15 is 0 Å². The number of carbonyl (C=O) groups is 1. The third kappa shape index (κ3) is 2.78. The molecule has 0 radical (unpaired) electrons. The van der Waals surface area contributed by atoms with Crippen LogP contribution in [0.2, 0.25) is 0 Å². The third-order valence-electron chi connectivity index (χ3n) is 2.81. The Morgan fingerprint density at radius 1 is 1.24 bits per heavy atom. The number of hydrogen-bond acceptors (Lipinski definition) is 2. The van der Waals surface area contributed by atoms with E-state index in [-0.39, 0.29) is 11.9 Å². The second-order valence-electron chi connectivity index (χ2n) is 4.05. The molecule has 1 aliphatic rings. The van der Waals surface area contributed by atoms with Gasteiger partial charge >= 0.3 is 12.1 Å². The zero-order valence-corrected chi connectivity index (χ0v) is 8.96. The maximum Gasteiger partial charge on any atom is 0.416 e. The third-order valence-corrected chi connectivity index (χ3v) is 2.81. The van der Waals surface area contributed by atoms with Gasteiger partial charge < -0.3 is 4.74 Å². The maximum atomic E-state index is 12.3. The van der Waals surface area contributed by atoms with Gasteiger partial charge in [0.2, 0.25) is 0 Å². The topological polar surface area (TPSA) is 26.3 Å². The Hall–Kier alpha value is -1.52. The average molecular weight is 244 g/mol. The molecule has 1 atom stereocenters. The molecule has 0 aliphatic carbocycles. The van der Waals surface area contributed by atoms with Crippen molar-refractivity contribution in [1.82, 2.24) is 0 Å². The number of benzene rings is 1. The molecule has 5 heteroatoms. The van der Waals surface area contributed by atoms with Crippen LogP contribution < -0.4 is 0 Å². The fourth-order valence-electron chi connectivity index (χ4n) is 1.84. The highest BCUT2D eigenvalue weighted by Gasteiger charge is 2.30. The summed E-state index contributed by atoms with van der Waals surface area (Å²) in [5.74, 6) is -0.475. The van der Waals surface area contributed by atoms with Gasteiger partial charge in [-0.3, -0.25) is 4.79 Å². The number of hydrogen-bond donors (Lipinski definition) is 0. The summed E-state index contributed by atoms with van der Waals surface area (Å²) in [6, 6.07) is 4.90. The molecule has 1 aromatic rings. The number of carbonyl (C=O) groups excluding carboxylic acids is 1. The van der Waals surface area contributed by atoms with Gasteiger partial charge in [0.1, 0.15) is 0 Å². The van der Waals surface area contributed by atoms with E-state index in [0.29, 0.717) is 19.4 Å². The zero-order chi connectivity index (χ0) is 12.5. The molecule has 2 nitrogen and oxygen atoms in total. The van der Waals surface area contributed by atoms with Crippen LogP contribution in [0.5, 0.6) is 0 Å². The highest BCUT2D eigenvalue weighted by atomic mass is 19.4. The number of halogens is 3. The molecule has 1 saturated heterocycles. The fraction of sp³-hybridized carbons (Fsp3) is 0.417. The summed E-state index contributed by atoms with van der Waals surface area (Å²) in [4.78, 5) is 11.2. The van der Waals surface area contributed by atoms with Crippen molar-refractivity contribution in [1.29, 1.82) is 0 Å². The molecule has 0 spiro atoms. The Morgan fingerprint density at radius 3 is 2.35 bits per heavy atom. The van der Waals surface area contributed by atoms with E-state index in [1.807, 2.05) is 0 Å². The standard InChI is InChI=1S/C12H11F3O2/c13-12(14,15)10-3-1-8(2-4-10)7-9-5-6-17-11(9)16/h1-4,9H,5-7H2. The molecule has 1 unspecified atom stereocenters. The van der Waals surface area contributed by atoms with Crippen LogP contribution in [0.1, 0.15) is 17.5 Å². The molecule has 2 rings (SSSR count). The van der Waals surface area contributed by atoms with Gasteiger partial charge in [-0.2, -0.15) is 13.2 Å². The first-order valence-electron chi connectivity index (χ1n) is 5.29. The number of esters is 1. The van der Waals surface area contributed by atoms with Crippen LogP contribution in [-0.2, 0) is 22.1 Å². The molecule has 0 bridgehead atoms. The highest BCUT2D eigenvalue weighted by molar-refractivity contribution is 5.74. The van der Waals surface area contributed by atoms with Crippen molar-refractivity contribution in [3.8, 4) is 0 Å². The van der Waals surface area contributed by atoms with Gasteiger partial charge in [-0.1, -0.05) is 12.1 Å². The Kier molecular flexibility index (Phi) is 3.09. The van der Waals surface area contributed by atoms with Gasteiger partial charge in [-0.25, -0.2) is 0 Å². The Bertz CT molecular complexity index is 409. The Labute approximate surface area is 96.4 Å². The van der Waals surface area contributed by atoms with Crippen LogP contribution >= 0.6 is 0 Å². The fourth-order valence-corrected chi connectivity index (χ4v) is 1.84. The highest BCUT2D eigenvalue weighted by Crippen LogP contribution is 2.29. The van der Waals surface area contributed by atoms with Crippen LogP contribution in [0.25, 0.3) is 0 Å². The summed E-state index contributed by atoms with van der Waals surface area (Å²) in [5.41, 5.74) is 0.0529. The van der Waals surface area contributed by atoms with Crippen molar-refractivity contribution in [2.75, 3.05) is 6.61 Å².